The van der Waals surface area contributed by atoms with E-state index in [0.29, 0.717) is 16.4 Å². The van der Waals surface area contributed by atoms with Crippen molar-refractivity contribution in [2.24, 2.45) is 0 Å². The molecule has 0 fully saturated rings. The fraction of sp³-hybridized carbons (Fsp3) is 0.625. The van der Waals surface area contributed by atoms with Crippen LogP contribution in [0, 0.1) is 0 Å². The van der Waals surface area contributed by atoms with Gasteiger partial charge in [-0.15, -0.1) is 0 Å². The topological polar surface area (TPSA) is 96.5 Å². The molecule has 0 saturated carbocycles. The van der Waals surface area contributed by atoms with Crippen molar-refractivity contribution in [1.82, 2.24) is 4.37 Å². The Kier molecular flexibility index (Phi) is 4.63. The van der Waals surface area contributed by atoms with Crippen LogP contribution < -0.4 is 10.6 Å². The summed E-state index contributed by atoms with van der Waals surface area (Å²) in [4.78, 5) is 0.264. The molecule has 6 nitrogen and oxygen atoms in total. The third kappa shape index (κ3) is 4.21. The summed E-state index contributed by atoms with van der Waals surface area (Å²) in [6.07, 6.45) is -3.70. The molecule has 0 atom stereocenters. The summed E-state index contributed by atoms with van der Waals surface area (Å²) in [7, 11) is -3.81. The maximum Gasteiger partial charge on any atom is 0.405 e. The minimum absolute atomic E-state index is 0.216. The minimum atomic E-state index is -4.54. The van der Waals surface area contributed by atoms with Crippen LogP contribution in [0.5, 0.6) is 0 Å². The van der Waals surface area contributed by atoms with E-state index in [-0.39, 0.29) is 17.4 Å². The Hall–Kier alpha value is -1.07. The van der Waals surface area contributed by atoms with Crippen molar-refractivity contribution in [2.45, 2.75) is 11.1 Å². The SMILES string of the molecule is CS(=O)(=O)c1c(N)nsc1N(CCO)CC(F)(F)F. The summed E-state index contributed by atoms with van der Waals surface area (Å²) in [6, 6.07) is 0. The van der Waals surface area contributed by atoms with E-state index in [9.17, 15) is 21.6 Å². The Morgan fingerprint density at radius 3 is 2.47 bits per heavy atom. The highest BCUT2D eigenvalue weighted by molar-refractivity contribution is 7.91. The average Bonchev–Trinajstić information content (AvgIpc) is 2.56. The van der Waals surface area contributed by atoms with Gasteiger partial charge in [-0.3, -0.25) is 0 Å². The number of aliphatic hydroxyl groups excluding tert-OH is 1. The molecule has 0 aliphatic rings. The highest BCUT2D eigenvalue weighted by atomic mass is 32.2. The van der Waals surface area contributed by atoms with Crippen molar-refractivity contribution in [1.29, 1.82) is 0 Å². The number of aliphatic hydroxyl groups is 1. The Morgan fingerprint density at radius 2 is 2.05 bits per heavy atom. The molecule has 3 N–H and O–H groups in total. The first-order chi connectivity index (χ1) is 8.56. The van der Waals surface area contributed by atoms with Gasteiger partial charge in [-0.25, -0.2) is 8.42 Å². The number of anilines is 2. The summed E-state index contributed by atoms with van der Waals surface area (Å²) in [6.45, 7) is -2.32. The van der Waals surface area contributed by atoms with E-state index in [2.05, 4.69) is 4.37 Å². The number of rotatable bonds is 5. The molecule has 1 rings (SSSR count). The van der Waals surface area contributed by atoms with Gasteiger partial charge in [-0.2, -0.15) is 17.5 Å². The van der Waals surface area contributed by atoms with E-state index in [1.165, 1.54) is 0 Å². The molecule has 0 amide bonds. The zero-order valence-corrected chi connectivity index (χ0v) is 11.4. The summed E-state index contributed by atoms with van der Waals surface area (Å²) < 4.78 is 63.9. The lowest BCUT2D eigenvalue weighted by molar-refractivity contribution is -0.119. The van der Waals surface area contributed by atoms with Crippen molar-refractivity contribution in [3.63, 3.8) is 0 Å². The lowest BCUT2D eigenvalue weighted by Crippen LogP contribution is -2.36. The van der Waals surface area contributed by atoms with Crippen LogP contribution in [0.1, 0.15) is 0 Å². The van der Waals surface area contributed by atoms with Gasteiger partial charge >= 0.3 is 6.18 Å². The van der Waals surface area contributed by atoms with Crippen LogP contribution in [0.4, 0.5) is 24.0 Å². The lowest BCUT2D eigenvalue weighted by Gasteiger charge is -2.23. The summed E-state index contributed by atoms with van der Waals surface area (Å²) in [5.41, 5.74) is 5.37. The van der Waals surface area contributed by atoms with E-state index >= 15 is 0 Å². The van der Waals surface area contributed by atoms with Gasteiger partial charge in [0.2, 0.25) is 0 Å². The zero-order valence-electron chi connectivity index (χ0n) is 9.81. The second-order valence-corrected chi connectivity index (χ2v) is 6.44. The molecule has 1 aromatic heterocycles. The number of alkyl halides is 3. The van der Waals surface area contributed by atoms with Crippen LogP contribution in [0.3, 0.4) is 0 Å². The highest BCUT2D eigenvalue weighted by Crippen LogP contribution is 2.35. The second kappa shape index (κ2) is 5.51. The molecule has 0 radical (unpaired) electrons. The van der Waals surface area contributed by atoms with Gasteiger partial charge in [-0.05, 0) is 11.5 Å². The van der Waals surface area contributed by atoms with Crippen LogP contribution in [0.25, 0.3) is 0 Å². The van der Waals surface area contributed by atoms with E-state index in [1.807, 2.05) is 0 Å². The predicted molar refractivity (Wildman–Crippen MR) is 65.0 cm³/mol. The fourth-order valence-corrected chi connectivity index (χ4v) is 3.65. The van der Waals surface area contributed by atoms with E-state index in [1.54, 1.807) is 0 Å². The molecule has 0 spiro atoms. The van der Waals surface area contributed by atoms with Crippen molar-refractivity contribution in [3.8, 4) is 0 Å². The smallest absolute Gasteiger partial charge is 0.395 e. The van der Waals surface area contributed by atoms with Gasteiger partial charge in [-0.1, -0.05) is 0 Å². The summed E-state index contributed by atoms with van der Waals surface area (Å²) in [5, 5.41) is 8.57. The van der Waals surface area contributed by atoms with Gasteiger partial charge in [0.1, 0.15) is 16.4 Å². The molecule has 11 heteroatoms. The normalized spacial score (nSPS) is 12.7. The first-order valence-corrected chi connectivity index (χ1v) is 7.60. The standard InChI is InChI=1S/C8H12F3N3O3S2/c1-19(16,17)5-6(12)13-18-7(5)14(2-3-15)4-8(9,10)11/h15H,2-4H2,1H3,(H2,12,13). The maximum absolute atomic E-state index is 12.4. The largest absolute Gasteiger partial charge is 0.405 e. The zero-order chi connectivity index (χ0) is 14.8. The van der Waals surface area contributed by atoms with Crippen LogP contribution in [0.15, 0.2) is 4.90 Å². The molecule has 1 aromatic rings. The minimum Gasteiger partial charge on any atom is -0.395 e. The third-order valence-corrected chi connectivity index (χ3v) is 4.25. The molecular formula is C8H12F3N3O3S2. The van der Waals surface area contributed by atoms with Crippen LogP contribution in [0.2, 0.25) is 0 Å². The molecule has 0 bridgehead atoms. The summed E-state index contributed by atoms with van der Waals surface area (Å²) in [5.74, 6) is -0.340. The van der Waals surface area contributed by atoms with Crippen molar-refractivity contribution < 1.29 is 26.7 Å². The van der Waals surface area contributed by atoms with Gasteiger partial charge in [0.15, 0.2) is 15.7 Å². The maximum atomic E-state index is 12.4. The molecule has 0 aliphatic carbocycles. The summed E-state index contributed by atoms with van der Waals surface area (Å²) >= 11 is 0.552. The number of hydrogen-bond acceptors (Lipinski definition) is 7. The van der Waals surface area contributed by atoms with Crippen molar-refractivity contribution in [2.75, 3.05) is 36.6 Å². The Balaban J connectivity index is 3.25. The Labute approximate surface area is 111 Å². The van der Waals surface area contributed by atoms with Gasteiger partial charge in [0, 0.05) is 12.8 Å². The number of aromatic nitrogens is 1. The second-order valence-electron chi connectivity index (χ2n) is 3.73. The molecule has 0 aromatic carbocycles. The van der Waals surface area contributed by atoms with Crippen LogP contribution in [-0.4, -0.2) is 50.0 Å². The Bertz CT molecular complexity index is 541. The van der Waals surface area contributed by atoms with Crippen LogP contribution in [-0.2, 0) is 9.84 Å². The van der Waals surface area contributed by atoms with Gasteiger partial charge < -0.3 is 15.7 Å². The van der Waals surface area contributed by atoms with Gasteiger partial charge in [0.05, 0.1) is 6.61 Å². The molecule has 0 unspecified atom stereocenters. The van der Waals surface area contributed by atoms with E-state index in [0.717, 1.165) is 6.26 Å². The molecule has 19 heavy (non-hydrogen) atoms. The number of sulfone groups is 1. The average molecular weight is 319 g/mol. The Morgan fingerprint density at radius 1 is 1.47 bits per heavy atom. The number of nitrogens with two attached hydrogens (primary N) is 1. The molecule has 0 saturated heterocycles. The molecule has 1 heterocycles. The number of nitrogens with zero attached hydrogens (tertiary/aromatic N) is 2. The highest BCUT2D eigenvalue weighted by Gasteiger charge is 2.34. The first-order valence-electron chi connectivity index (χ1n) is 4.94. The predicted octanol–water partition coefficient (Wildman–Crippen LogP) is 0.490. The third-order valence-electron chi connectivity index (χ3n) is 2.06. The molecular weight excluding hydrogens is 307 g/mol. The first kappa shape index (κ1) is 16.0. The number of nitrogen functional groups attached to an aromatic ring is 1. The molecule has 110 valence electrons. The van der Waals surface area contributed by atoms with E-state index in [4.69, 9.17) is 10.8 Å². The van der Waals surface area contributed by atoms with Crippen molar-refractivity contribution in [3.05, 3.63) is 0 Å². The number of halogens is 3. The lowest BCUT2D eigenvalue weighted by atomic mass is 10.4. The fourth-order valence-electron chi connectivity index (χ4n) is 1.42. The quantitative estimate of drug-likeness (QED) is 0.820. The molecule has 0 aliphatic heterocycles. The van der Waals surface area contributed by atoms with Gasteiger partial charge in [0.25, 0.3) is 0 Å². The number of hydrogen-bond donors (Lipinski definition) is 2. The van der Waals surface area contributed by atoms with Crippen molar-refractivity contribution >= 4 is 32.2 Å². The monoisotopic (exact) mass is 319 g/mol. The van der Waals surface area contributed by atoms with Crippen LogP contribution >= 0.6 is 11.5 Å². The van der Waals surface area contributed by atoms with E-state index < -0.39 is 34.1 Å².